The van der Waals surface area contributed by atoms with Gasteiger partial charge in [-0.05, 0) is 49.9 Å². The van der Waals surface area contributed by atoms with Crippen molar-refractivity contribution in [3.8, 4) is 0 Å². The van der Waals surface area contributed by atoms with Crippen molar-refractivity contribution in [3.05, 3.63) is 0 Å². The molecule has 0 N–H and O–H groups in total. The second-order valence-electron chi connectivity index (χ2n) is 12.4. The zero-order valence-electron chi connectivity index (χ0n) is 25.4. The summed E-state index contributed by atoms with van der Waals surface area (Å²) in [6.45, 7) is 12.4. The van der Waals surface area contributed by atoms with Crippen molar-refractivity contribution in [2.75, 3.05) is 13.2 Å². The van der Waals surface area contributed by atoms with Crippen LogP contribution in [0.5, 0.6) is 0 Å². The normalized spacial score (nSPS) is 20.6. The van der Waals surface area contributed by atoms with Gasteiger partial charge in [-0.2, -0.15) is 0 Å². The largest absolute Gasteiger partial charge is 0.465 e. The van der Waals surface area contributed by atoms with Crippen LogP contribution in [0.1, 0.15) is 157 Å². The molecule has 1 fully saturated rings. The van der Waals surface area contributed by atoms with Crippen molar-refractivity contribution in [2.45, 2.75) is 157 Å². The van der Waals surface area contributed by atoms with Gasteiger partial charge in [0.05, 0.1) is 25.0 Å². The lowest BCUT2D eigenvalue weighted by Gasteiger charge is -2.33. The van der Waals surface area contributed by atoms with Crippen LogP contribution in [0.2, 0.25) is 0 Å². The molecule has 4 nitrogen and oxygen atoms in total. The van der Waals surface area contributed by atoms with E-state index in [1.54, 1.807) is 0 Å². The summed E-state index contributed by atoms with van der Waals surface area (Å²) in [5, 5.41) is 0. The van der Waals surface area contributed by atoms with E-state index in [0.29, 0.717) is 19.1 Å². The van der Waals surface area contributed by atoms with Gasteiger partial charge in [-0.3, -0.25) is 9.59 Å². The lowest BCUT2D eigenvalue weighted by molar-refractivity contribution is -0.164. The maximum Gasteiger partial charge on any atom is 0.309 e. The Labute approximate surface area is 230 Å². The topological polar surface area (TPSA) is 52.6 Å². The van der Waals surface area contributed by atoms with Crippen LogP contribution in [-0.2, 0) is 19.1 Å². The Kier molecular flexibility index (Phi) is 20.0. The van der Waals surface area contributed by atoms with E-state index in [1.807, 2.05) is 0 Å². The fraction of sp³-hybridized carbons (Fsp3) is 0.939. The van der Waals surface area contributed by atoms with Crippen LogP contribution >= 0.6 is 0 Å². The molecular weight excluding hydrogens is 460 g/mol. The van der Waals surface area contributed by atoms with Gasteiger partial charge in [-0.1, -0.05) is 125 Å². The summed E-state index contributed by atoms with van der Waals surface area (Å²) >= 11 is 0. The number of ether oxygens (including phenoxy) is 2. The first-order chi connectivity index (χ1) is 17.9. The average Bonchev–Trinajstić information content (AvgIpc) is 2.87. The number of hydrogen-bond acceptors (Lipinski definition) is 4. The summed E-state index contributed by atoms with van der Waals surface area (Å²) in [7, 11) is 0. The highest BCUT2D eigenvalue weighted by Gasteiger charge is 2.41. The SMILES string of the molecule is CCCCCCCOC(=O)C1CCC(CCCC(C)CCCC(C)C)CC1C(=O)OCCCCCCC. The second kappa shape index (κ2) is 21.8. The van der Waals surface area contributed by atoms with Crippen LogP contribution < -0.4 is 0 Å². The fourth-order valence-electron chi connectivity index (χ4n) is 5.81. The highest BCUT2D eigenvalue weighted by molar-refractivity contribution is 5.82. The summed E-state index contributed by atoms with van der Waals surface area (Å²) in [6.07, 6.45) is 21.5. The molecule has 1 aliphatic carbocycles. The molecule has 37 heavy (non-hydrogen) atoms. The first-order valence-corrected chi connectivity index (χ1v) is 16.2. The molecule has 0 heterocycles. The van der Waals surface area contributed by atoms with Crippen molar-refractivity contribution >= 4 is 11.9 Å². The third-order valence-corrected chi connectivity index (χ3v) is 8.34. The maximum atomic E-state index is 13.1. The smallest absolute Gasteiger partial charge is 0.309 e. The predicted octanol–water partition coefficient (Wildman–Crippen LogP) is 9.68. The van der Waals surface area contributed by atoms with Crippen LogP contribution in [0, 0.1) is 29.6 Å². The van der Waals surface area contributed by atoms with E-state index in [2.05, 4.69) is 34.6 Å². The average molecular weight is 523 g/mol. The molecule has 4 atom stereocenters. The third-order valence-electron chi connectivity index (χ3n) is 8.34. The molecule has 0 radical (unpaired) electrons. The molecular formula is C33H62O4. The van der Waals surface area contributed by atoms with Crippen LogP contribution in [0.3, 0.4) is 0 Å². The zero-order valence-corrected chi connectivity index (χ0v) is 25.4. The van der Waals surface area contributed by atoms with E-state index in [1.165, 1.54) is 70.6 Å². The Hall–Kier alpha value is -1.06. The Morgan fingerprint density at radius 2 is 1.19 bits per heavy atom. The van der Waals surface area contributed by atoms with Crippen molar-refractivity contribution in [1.29, 1.82) is 0 Å². The van der Waals surface area contributed by atoms with Gasteiger partial charge < -0.3 is 9.47 Å². The lowest BCUT2D eigenvalue weighted by atomic mass is 9.72. The molecule has 0 aromatic carbocycles. The van der Waals surface area contributed by atoms with Gasteiger partial charge in [-0.15, -0.1) is 0 Å². The Bertz CT molecular complexity index is 573. The van der Waals surface area contributed by atoms with Crippen molar-refractivity contribution in [3.63, 3.8) is 0 Å². The Balaban J connectivity index is 2.53. The van der Waals surface area contributed by atoms with E-state index in [0.717, 1.165) is 63.2 Å². The standard InChI is InChI=1S/C33H62O4/c1-6-8-10-12-14-24-36-32(34)30-23-22-29(21-17-20-28(5)19-16-18-27(3)4)26-31(30)33(35)37-25-15-13-11-9-7-2/h27-31H,6-26H2,1-5H3. The third kappa shape index (κ3) is 16.5. The zero-order chi connectivity index (χ0) is 27.3. The number of hydrogen-bond donors (Lipinski definition) is 0. The first kappa shape index (κ1) is 34.0. The van der Waals surface area contributed by atoms with E-state index >= 15 is 0 Å². The summed E-state index contributed by atoms with van der Waals surface area (Å²) in [6, 6.07) is 0. The first-order valence-electron chi connectivity index (χ1n) is 16.2. The summed E-state index contributed by atoms with van der Waals surface area (Å²) < 4.78 is 11.4. The molecule has 0 aromatic rings. The minimum Gasteiger partial charge on any atom is -0.465 e. The molecule has 4 unspecified atom stereocenters. The summed E-state index contributed by atoms with van der Waals surface area (Å²) in [4.78, 5) is 26.1. The number of carbonyl (C=O) groups excluding carboxylic acids is 2. The molecule has 0 aliphatic heterocycles. The molecule has 0 spiro atoms. The van der Waals surface area contributed by atoms with Gasteiger partial charge in [0.2, 0.25) is 0 Å². The number of carbonyl (C=O) groups is 2. The molecule has 0 amide bonds. The Morgan fingerprint density at radius 3 is 1.76 bits per heavy atom. The van der Waals surface area contributed by atoms with Crippen LogP contribution in [0.25, 0.3) is 0 Å². The molecule has 218 valence electrons. The number of rotatable bonds is 22. The predicted molar refractivity (Wildman–Crippen MR) is 155 cm³/mol. The molecule has 4 heteroatoms. The van der Waals surface area contributed by atoms with Gasteiger partial charge in [0.15, 0.2) is 0 Å². The number of unbranched alkanes of at least 4 members (excludes halogenated alkanes) is 8. The van der Waals surface area contributed by atoms with Crippen molar-refractivity contribution in [2.24, 2.45) is 29.6 Å². The minimum atomic E-state index is -0.328. The van der Waals surface area contributed by atoms with Crippen molar-refractivity contribution < 1.29 is 19.1 Å². The highest BCUT2D eigenvalue weighted by atomic mass is 16.5. The van der Waals surface area contributed by atoms with Gasteiger partial charge >= 0.3 is 11.9 Å². The van der Waals surface area contributed by atoms with Gasteiger partial charge in [0, 0.05) is 0 Å². The molecule has 0 saturated heterocycles. The van der Waals surface area contributed by atoms with Crippen LogP contribution in [0.15, 0.2) is 0 Å². The minimum absolute atomic E-state index is 0.160. The molecule has 1 aliphatic rings. The van der Waals surface area contributed by atoms with E-state index in [9.17, 15) is 9.59 Å². The number of esters is 2. The molecule has 1 saturated carbocycles. The lowest BCUT2D eigenvalue weighted by Crippen LogP contribution is -2.38. The van der Waals surface area contributed by atoms with Crippen molar-refractivity contribution in [1.82, 2.24) is 0 Å². The van der Waals surface area contributed by atoms with Crippen LogP contribution in [-0.4, -0.2) is 25.2 Å². The molecule has 0 aromatic heterocycles. The van der Waals surface area contributed by atoms with E-state index in [4.69, 9.17) is 9.47 Å². The maximum absolute atomic E-state index is 13.1. The summed E-state index contributed by atoms with van der Waals surface area (Å²) in [5.41, 5.74) is 0. The van der Waals surface area contributed by atoms with Gasteiger partial charge in [0.1, 0.15) is 0 Å². The Morgan fingerprint density at radius 1 is 0.649 bits per heavy atom. The quantitative estimate of drug-likeness (QED) is 0.105. The monoisotopic (exact) mass is 522 g/mol. The fourth-order valence-corrected chi connectivity index (χ4v) is 5.81. The van der Waals surface area contributed by atoms with Crippen LogP contribution in [0.4, 0.5) is 0 Å². The van der Waals surface area contributed by atoms with Gasteiger partial charge in [-0.25, -0.2) is 0 Å². The van der Waals surface area contributed by atoms with Gasteiger partial charge in [0.25, 0.3) is 0 Å². The highest BCUT2D eigenvalue weighted by Crippen LogP contribution is 2.38. The molecule has 0 bridgehead atoms. The summed E-state index contributed by atoms with van der Waals surface area (Å²) in [5.74, 6) is 1.10. The van der Waals surface area contributed by atoms with E-state index in [-0.39, 0.29) is 23.8 Å². The molecule has 1 rings (SSSR count). The second-order valence-corrected chi connectivity index (χ2v) is 12.4. The van der Waals surface area contributed by atoms with E-state index < -0.39 is 0 Å².